The first kappa shape index (κ1) is 27.4. The van der Waals surface area contributed by atoms with Gasteiger partial charge in [-0.05, 0) is 86.1 Å². The number of hydrogen-bond donors (Lipinski definition) is 2. The van der Waals surface area contributed by atoms with Crippen molar-refractivity contribution in [1.82, 2.24) is 4.98 Å². The summed E-state index contributed by atoms with van der Waals surface area (Å²) in [7, 11) is -2.76. The number of pyridine rings is 1. The molecule has 0 radical (unpaired) electrons. The normalized spacial score (nSPS) is 12.4. The van der Waals surface area contributed by atoms with Crippen LogP contribution in [0.15, 0.2) is 59.5 Å². The third kappa shape index (κ3) is 6.92. The fraction of sp³-hybridized carbons (Fsp3) is 0.357. The first-order valence-electron chi connectivity index (χ1n) is 12.0. The molecule has 7 nitrogen and oxygen atoms in total. The van der Waals surface area contributed by atoms with Crippen LogP contribution in [0.5, 0.6) is 0 Å². The van der Waals surface area contributed by atoms with Gasteiger partial charge in [0.2, 0.25) is 0 Å². The zero-order chi connectivity index (χ0) is 26.5. The number of aromatic nitrogens is 1. The summed E-state index contributed by atoms with van der Waals surface area (Å²) in [6.07, 6.45) is 2.40. The number of carbonyl (C=O) groups excluding carboxylic acids is 1. The number of benzene rings is 2. The van der Waals surface area contributed by atoms with Gasteiger partial charge >= 0.3 is 5.97 Å². The van der Waals surface area contributed by atoms with E-state index in [0.29, 0.717) is 18.0 Å². The van der Waals surface area contributed by atoms with E-state index < -0.39 is 16.0 Å². The van der Waals surface area contributed by atoms with E-state index in [1.54, 1.807) is 6.07 Å². The highest BCUT2D eigenvalue weighted by Crippen LogP contribution is 2.29. The molecule has 192 valence electrons. The van der Waals surface area contributed by atoms with Crippen molar-refractivity contribution in [2.75, 3.05) is 11.8 Å². The van der Waals surface area contributed by atoms with Crippen LogP contribution in [-0.2, 0) is 21.2 Å². The monoisotopic (exact) mass is 509 g/mol. The van der Waals surface area contributed by atoms with Gasteiger partial charge in [0.1, 0.15) is 5.82 Å². The van der Waals surface area contributed by atoms with Crippen molar-refractivity contribution in [2.45, 2.75) is 57.9 Å². The van der Waals surface area contributed by atoms with Crippen molar-refractivity contribution in [3.63, 3.8) is 0 Å². The SMILES string of the molecule is COC(=O)c1cccc(S(=O)(=O)Nc2cc(CCC(N)CC(C)C)cc(-c3c(C)cccc3C)n2)c1. The number of nitrogens with zero attached hydrogens (tertiary/aromatic N) is 1. The fourth-order valence-electron chi connectivity index (χ4n) is 4.31. The number of nitrogens with one attached hydrogen (secondary N) is 1. The van der Waals surface area contributed by atoms with Gasteiger partial charge in [-0.3, -0.25) is 4.72 Å². The van der Waals surface area contributed by atoms with Crippen molar-refractivity contribution in [3.8, 4) is 11.3 Å². The van der Waals surface area contributed by atoms with Gasteiger partial charge in [0, 0.05) is 11.6 Å². The van der Waals surface area contributed by atoms with Gasteiger partial charge < -0.3 is 10.5 Å². The minimum atomic E-state index is -4.01. The second-order valence-corrected chi connectivity index (χ2v) is 11.2. The molecule has 1 atom stereocenters. The Balaban J connectivity index is 2.00. The largest absolute Gasteiger partial charge is 0.465 e. The average Bonchev–Trinajstić information content (AvgIpc) is 2.81. The summed E-state index contributed by atoms with van der Waals surface area (Å²) in [5.74, 6) is 0.110. The maximum atomic E-state index is 13.2. The van der Waals surface area contributed by atoms with Gasteiger partial charge in [-0.15, -0.1) is 0 Å². The van der Waals surface area contributed by atoms with Gasteiger partial charge in [-0.25, -0.2) is 18.2 Å². The number of methoxy groups -OCH3 is 1. The number of aryl methyl sites for hydroxylation is 3. The van der Waals surface area contributed by atoms with E-state index in [1.165, 1.54) is 31.4 Å². The first-order chi connectivity index (χ1) is 17.0. The van der Waals surface area contributed by atoms with Crippen molar-refractivity contribution < 1.29 is 17.9 Å². The van der Waals surface area contributed by atoms with E-state index in [2.05, 4.69) is 23.6 Å². The molecule has 3 aromatic rings. The standard InChI is InChI=1S/C28H35N3O4S/c1-18(2)14-23(29)13-12-21-15-25(27-19(3)8-6-9-20(27)4)30-26(16-21)31-36(33,34)24-11-7-10-22(17-24)28(32)35-5/h6-11,15-18,23H,12-14,29H2,1-5H3,(H,30,31). The third-order valence-electron chi connectivity index (χ3n) is 6.00. The van der Waals surface area contributed by atoms with Crippen LogP contribution in [0.25, 0.3) is 11.3 Å². The van der Waals surface area contributed by atoms with E-state index in [-0.39, 0.29) is 22.3 Å². The van der Waals surface area contributed by atoms with Crippen LogP contribution < -0.4 is 10.5 Å². The smallest absolute Gasteiger partial charge is 0.337 e. The zero-order valence-electron chi connectivity index (χ0n) is 21.5. The maximum Gasteiger partial charge on any atom is 0.337 e. The van der Waals surface area contributed by atoms with Gasteiger partial charge in [-0.1, -0.05) is 38.1 Å². The Hall–Kier alpha value is -3.23. The van der Waals surface area contributed by atoms with Crippen LogP contribution in [0.4, 0.5) is 5.82 Å². The summed E-state index contributed by atoms with van der Waals surface area (Å²) in [5.41, 5.74) is 11.2. The van der Waals surface area contributed by atoms with Crippen LogP contribution >= 0.6 is 0 Å². The molecule has 0 spiro atoms. The van der Waals surface area contributed by atoms with E-state index >= 15 is 0 Å². The molecule has 8 heteroatoms. The first-order valence-corrected chi connectivity index (χ1v) is 13.5. The lowest BCUT2D eigenvalue weighted by atomic mass is 9.96. The molecule has 2 aromatic carbocycles. The summed E-state index contributed by atoms with van der Waals surface area (Å²) in [5, 5.41) is 0. The number of hydrogen-bond acceptors (Lipinski definition) is 6. The highest BCUT2D eigenvalue weighted by molar-refractivity contribution is 7.92. The Morgan fingerprint density at radius 2 is 1.72 bits per heavy atom. The highest BCUT2D eigenvalue weighted by Gasteiger charge is 2.19. The molecule has 0 saturated carbocycles. The summed E-state index contributed by atoms with van der Waals surface area (Å²) < 4.78 is 33.8. The van der Waals surface area contributed by atoms with E-state index in [1.807, 2.05) is 38.1 Å². The van der Waals surface area contributed by atoms with Crippen LogP contribution in [0.3, 0.4) is 0 Å². The van der Waals surface area contributed by atoms with Crippen molar-refractivity contribution in [2.24, 2.45) is 11.7 Å². The Morgan fingerprint density at radius 3 is 2.36 bits per heavy atom. The van der Waals surface area contributed by atoms with Crippen molar-refractivity contribution in [1.29, 1.82) is 0 Å². The Bertz CT molecular complexity index is 1320. The Kier molecular flexibility index (Phi) is 8.87. The molecule has 0 aliphatic carbocycles. The lowest BCUT2D eigenvalue weighted by Gasteiger charge is -2.16. The maximum absolute atomic E-state index is 13.2. The lowest BCUT2D eigenvalue weighted by Crippen LogP contribution is -2.22. The molecule has 36 heavy (non-hydrogen) atoms. The molecule has 1 aromatic heterocycles. The Labute approximate surface area is 214 Å². The minimum absolute atomic E-state index is 0.0508. The van der Waals surface area contributed by atoms with Crippen LogP contribution in [-0.4, -0.2) is 32.5 Å². The van der Waals surface area contributed by atoms with E-state index in [4.69, 9.17) is 10.5 Å². The van der Waals surface area contributed by atoms with Crippen LogP contribution in [0, 0.1) is 19.8 Å². The average molecular weight is 510 g/mol. The highest BCUT2D eigenvalue weighted by atomic mass is 32.2. The van der Waals surface area contributed by atoms with Gasteiger partial charge in [0.05, 0.1) is 23.3 Å². The minimum Gasteiger partial charge on any atom is -0.465 e. The second kappa shape index (κ2) is 11.7. The van der Waals surface area contributed by atoms with Crippen molar-refractivity contribution >= 4 is 21.8 Å². The molecule has 3 N–H and O–H groups in total. The summed E-state index contributed by atoms with van der Waals surface area (Å²) in [4.78, 5) is 16.5. The molecule has 0 aliphatic heterocycles. The third-order valence-corrected chi connectivity index (χ3v) is 7.36. The topological polar surface area (TPSA) is 111 Å². The predicted octanol–water partition coefficient (Wildman–Crippen LogP) is 5.26. The van der Waals surface area contributed by atoms with Gasteiger partial charge in [0.15, 0.2) is 0 Å². The molecular formula is C28H35N3O4S. The summed E-state index contributed by atoms with van der Waals surface area (Å²) in [6.45, 7) is 8.32. The molecule has 3 rings (SSSR count). The summed E-state index contributed by atoms with van der Waals surface area (Å²) >= 11 is 0. The lowest BCUT2D eigenvalue weighted by molar-refractivity contribution is 0.0600. The quantitative estimate of drug-likeness (QED) is 0.361. The number of rotatable bonds is 10. The Morgan fingerprint density at radius 1 is 1.06 bits per heavy atom. The molecule has 1 unspecified atom stereocenters. The number of sulfonamides is 1. The number of ether oxygens (including phenoxy) is 1. The van der Waals surface area contributed by atoms with Gasteiger partial charge in [0.25, 0.3) is 10.0 Å². The molecule has 0 saturated heterocycles. The van der Waals surface area contributed by atoms with E-state index in [9.17, 15) is 13.2 Å². The summed E-state index contributed by atoms with van der Waals surface area (Å²) in [6, 6.07) is 15.5. The zero-order valence-corrected chi connectivity index (χ0v) is 22.4. The molecule has 1 heterocycles. The second-order valence-electron chi connectivity index (χ2n) is 9.57. The van der Waals surface area contributed by atoms with Crippen molar-refractivity contribution in [3.05, 3.63) is 76.9 Å². The fourth-order valence-corrected chi connectivity index (χ4v) is 5.35. The predicted molar refractivity (Wildman–Crippen MR) is 143 cm³/mol. The van der Waals surface area contributed by atoms with Crippen LogP contribution in [0.1, 0.15) is 53.7 Å². The van der Waals surface area contributed by atoms with Crippen LogP contribution in [0.2, 0.25) is 0 Å². The number of nitrogens with two attached hydrogens (primary N) is 1. The molecule has 0 bridgehead atoms. The number of carbonyl (C=O) groups is 1. The molecular weight excluding hydrogens is 474 g/mol. The number of esters is 1. The van der Waals surface area contributed by atoms with E-state index in [0.717, 1.165) is 35.1 Å². The number of anilines is 1. The molecule has 0 fully saturated rings. The molecule has 0 amide bonds. The molecule has 0 aliphatic rings. The van der Waals surface area contributed by atoms with Gasteiger partial charge in [-0.2, -0.15) is 0 Å².